The normalized spacial score (nSPS) is 11.3. The number of nitrogens with zero attached hydrogens (tertiary/aromatic N) is 1. The number of hydrogen-bond acceptors (Lipinski definition) is 2. The molecule has 3 aromatic carbocycles. The van der Waals surface area contributed by atoms with E-state index in [1.54, 1.807) is 0 Å². The zero-order chi connectivity index (χ0) is 17.5. The van der Waals surface area contributed by atoms with E-state index in [1.165, 1.54) is 16.7 Å². The topological polar surface area (TPSA) is 26.0 Å². The Bertz CT molecular complexity index is 1220. The molecule has 26 heavy (non-hydrogen) atoms. The summed E-state index contributed by atoms with van der Waals surface area (Å²) in [5.74, 6) is 0. The van der Waals surface area contributed by atoms with Crippen LogP contribution < -0.4 is 0 Å². The molecule has 0 bridgehead atoms. The molecule has 0 saturated carbocycles. The Morgan fingerprint density at radius 1 is 0.615 bits per heavy atom. The summed E-state index contributed by atoms with van der Waals surface area (Å²) in [5, 5.41) is 2.32. The van der Waals surface area contributed by atoms with E-state index < -0.39 is 0 Å². The molecule has 0 aliphatic heterocycles. The summed E-state index contributed by atoms with van der Waals surface area (Å²) in [7, 11) is 0. The second-order valence-electron chi connectivity index (χ2n) is 6.57. The van der Waals surface area contributed by atoms with Gasteiger partial charge in [-0.2, -0.15) is 0 Å². The predicted octanol–water partition coefficient (Wildman–Crippen LogP) is 6.62. The number of aryl methyl sites for hydroxylation is 1. The maximum Gasteiger partial charge on any atom is 0.135 e. The average Bonchev–Trinajstić information content (AvgIpc) is 3.07. The summed E-state index contributed by atoms with van der Waals surface area (Å²) in [5.41, 5.74) is 7.60. The Morgan fingerprint density at radius 3 is 2.04 bits per heavy atom. The van der Waals surface area contributed by atoms with Gasteiger partial charge >= 0.3 is 0 Å². The van der Waals surface area contributed by atoms with Crippen molar-refractivity contribution in [2.75, 3.05) is 0 Å². The first kappa shape index (κ1) is 14.9. The predicted molar refractivity (Wildman–Crippen MR) is 107 cm³/mol. The zero-order valence-corrected chi connectivity index (χ0v) is 14.4. The summed E-state index contributed by atoms with van der Waals surface area (Å²) in [6.07, 6.45) is 1.92. The SMILES string of the molecule is Cc1ccc(-c2ccc(-c3ccc4oc5ccccc5c4c3)cc2)cn1. The Hall–Kier alpha value is -3.39. The van der Waals surface area contributed by atoms with Crippen LogP contribution in [0.5, 0.6) is 0 Å². The van der Waals surface area contributed by atoms with E-state index in [-0.39, 0.29) is 0 Å². The molecule has 2 nitrogen and oxygen atoms in total. The first-order chi connectivity index (χ1) is 12.8. The molecule has 2 heterocycles. The second kappa shape index (κ2) is 5.85. The van der Waals surface area contributed by atoms with Crippen molar-refractivity contribution in [2.24, 2.45) is 0 Å². The number of pyridine rings is 1. The van der Waals surface area contributed by atoms with E-state index in [0.717, 1.165) is 33.2 Å². The number of benzene rings is 3. The van der Waals surface area contributed by atoms with E-state index in [4.69, 9.17) is 4.42 Å². The van der Waals surface area contributed by atoms with Gasteiger partial charge in [-0.3, -0.25) is 4.98 Å². The Morgan fingerprint density at radius 2 is 1.27 bits per heavy atom. The fourth-order valence-electron chi connectivity index (χ4n) is 3.40. The number of rotatable bonds is 2. The highest BCUT2D eigenvalue weighted by molar-refractivity contribution is 6.06. The van der Waals surface area contributed by atoms with Crippen LogP contribution in [-0.2, 0) is 0 Å². The average molecular weight is 335 g/mol. The zero-order valence-electron chi connectivity index (χ0n) is 14.4. The van der Waals surface area contributed by atoms with Crippen LogP contribution in [0.1, 0.15) is 5.69 Å². The Labute approximate surface area is 151 Å². The minimum absolute atomic E-state index is 0.928. The molecule has 0 atom stereocenters. The highest BCUT2D eigenvalue weighted by atomic mass is 16.3. The van der Waals surface area contributed by atoms with E-state index in [0.29, 0.717) is 0 Å². The highest BCUT2D eigenvalue weighted by Crippen LogP contribution is 2.32. The lowest BCUT2D eigenvalue weighted by atomic mass is 9.99. The van der Waals surface area contributed by atoms with Crippen molar-refractivity contribution in [1.82, 2.24) is 4.98 Å². The summed E-state index contributed by atoms with van der Waals surface area (Å²) < 4.78 is 5.92. The fourth-order valence-corrected chi connectivity index (χ4v) is 3.40. The van der Waals surface area contributed by atoms with Crippen LogP contribution in [0.4, 0.5) is 0 Å². The van der Waals surface area contributed by atoms with Crippen LogP contribution in [0.25, 0.3) is 44.2 Å². The van der Waals surface area contributed by atoms with E-state index in [9.17, 15) is 0 Å². The van der Waals surface area contributed by atoms with Gasteiger partial charge in [0.2, 0.25) is 0 Å². The number of para-hydroxylation sites is 1. The van der Waals surface area contributed by atoms with Crippen LogP contribution in [-0.4, -0.2) is 4.98 Å². The smallest absolute Gasteiger partial charge is 0.135 e. The Kier molecular flexibility index (Phi) is 3.36. The van der Waals surface area contributed by atoms with Crippen molar-refractivity contribution in [1.29, 1.82) is 0 Å². The fraction of sp³-hybridized carbons (Fsp3) is 0.0417. The van der Waals surface area contributed by atoms with Gasteiger partial charge in [0.25, 0.3) is 0 Å². The van der Waals surface area contributed by atoms with Gasteiger partial charge in [-0.15, -0.1) is 0 Å². The van der Waals surface area contributed by atoms with E-state index >= 15 is 0 Å². The largest absolute Gasteiger partial charge is 0.456 e. The molecule has 0 amide bonds. The van der Waals surface area contributed by atoms with Gasteiger partial charge in [-0.25, -0.2) is 0 Å². The van der Waals surface area contributed by atoms with E-state index in [1.807, 2.05) is 37.4 Å². The number of fused-ring (bicyclic) bond motifs is 3. The molecule has 0 fully saturated rings. The van der Waals surface area contributed by atoms with Crippen molar-refractivity contribution < 1.29 is 4.42 Å². The quantitative estimate of drug-likeness (QED) is 0.362. The summed E-state index contributed by atoms with van der Waals surface area (Å²) >= 11 is 0. The van der Waals surface area contributed by atoms with Crippen molar-refractivity contribution >= 4 is 21.9 Å². The first-order valence-electron chi connectivity index (χ1n) is 8.73. The molecule has 0 radical (unpaired) electrons. The van der Waals surface area contributed by atoms with Gasteiger partial charge in [-0.1, -0.05) is 54.6 Å². The van der Waals surface area contributed by atoms with Crippen LogP contribution >= 0.6 is 0 Å². The van der Waals surface area contributed by atoms with Crippen molar-refractivity contribution in [2.45, 2.75) is 6.92 Å². The molecule has 0 N–H and O–H groups in total. The van der Waals surface area contributed by atoms with Gasteiger partial charge in [0, 0.05) is 28.2 Å². The standard InChI is InChI=1S/C24H17NO/c1-16-6-7-20(15-25-16)18-10-8-17(9-11-18)19-12-13-24-22(14-19)21-4-2-3-5-23(21)26-24/h2-15H,1H3. The molecule has 5 aromatic rings. The van der Waals surface area contributed by atoms with Crippen LogP contribution in [0.15, 0.2) is 89.5 Å². The van der Waals surface area contributed by atoms with Crippen molar-refractivity contribution in [3.8, 4) is 22.3 Å². The molecule has 0 unspecified atom stereocenters. The molecule has 0 aliphatic rings. The molecular formula is C24H17NO. The van der Waals surface area contributed by atoms with Gasteiger partial charge in [0.1, 0.15) is 11.2 Å². The minimum Gasteiger partial charge on any atom is -0.456 e. The lowest BCUT2D eigenvalue weighted by Crippen LogP contribution is -1.83. The Balaban J connectivity index is 1.56. The second-order valence-corrected chi connectivity index (χ2v) is 6.57. The molecular weight excluding hydrogens is 318 g/mol. The number of aromatic nitrogens is 1. The van der Waals surface area contributed by atoms with Gasteiger partial charge < -0.3 is 4.42 Å². The summed E-state index contributed by atoms with van der Waals surface area (Å²) in [6.45, 7) is 2.00. The lowest BCUT2D eigenvalue weighted by molar-refractivity contribution is 0.669. The molecule has 124 valence electrons. The monoisotopic (exact) mass is 335 g/mol. The number of furan rings is 1. The van der Waals surface area contributed by atoms with Crippen LogP contribution in [0, 0.1) is 6.92 Å². The lowest BCUT2D eigenvalue weighted by Gasteiger charge is -2.05. The molecule has 0 saturated heterocycles. The molecule has 5 rings (SSSR count). The maximum absolute atomic E-state index is 5.92. The van der Waals surface area contributed by atoms with Gasteiger partial charge in [0.15, 0.2) is 0 Å². The molecule has 0 aliphatic carbocycles. The third-order valence-electron chi connectivity index (χ3n) is 4.84. The molecule has 2 aromatic heterocycles. The first-order valence-corrected chi connectivity index (χ1v) is 8.73. The summed E-state index contributed by atoms with van der Waals surface area (Å²) in [6, 6.07) is 27.4. The van der Waals surface area contributed by atoms with Crippen molar-refractivity contribution in [3.63, 3.8) is 0 Å². The van der Waals surface area contributed by atoms with Crippen LogP contribution in [0.2, 0.25) is 0 Å². The maximum atomic E-state index is 5.92. The van der Waals surface area contributed by atoms with E-state index in [2.05, 4.69) is 59.6 Å². The highest BCUT2D eigenvalue weighted by Gasteiger charge is 2.08. The third-order valence-corrected chi connectivity index (χ3v) is 4.84. The minimum atomic E-state index is 0.928. The number of hydrogen-bond donors (Lipinski definition) is 0. The molecule has 0 spiro atoms. The van der Waals surface area contributed by atoms with Gasteiger partial charge in [-0.05, 0) is 47.9 Å². The summed E-state index contributed by atoms with van der Waals surface area (Å²) in [4.78, 5) is 4.38. The molecule has 2 heteroatoms. The van der Waals surface area contributed by atoms with Crippen LogP contribution in [0.3, 0.4) is 0 Å². The third kappa shape index (κ3) is 2.47. The van der Waals surface area contributed by atoms with Gasteiger partial charge in [0.05, 0.1) is 0 Å². The van der Waals surface area contributed by atoms with Crippen molar-refractivity contribution in [3.05, 3.63) is 90.8 Å².